The Morgan fingerprint density at radius 1 is 1.71 bits per heavy atom. The minimum atomic E-state index is -0.0974. The van der Waals surface area contributed by atoms with E-state index < -0.39 is 0 Å². The number of aliphatic hydroxyl groups excluding tert-OH is 1. The molecule has 2 rings (SSSR count). The Morgan fingerprint density at radius 3 is 3.21 bits per heavy atom. The number of aliphatic hydroxyl groups is 1. The Kier molecular flexibility index (Phi) is 2.52. The molecule has 1 saturated heterocycles. The summed E-state index contributed by atoms with van der Waals surface area (Å²) in [7, 11) is 0. The van der Waals surface area contributed by atoms with Crippen molar-refractivity contribution in [3.05, 3.63) is 12.2 Å². The van der Waals surface area contributed by atoms with Gasteiger partial charge in [0, 0.05) is 6.61 Å². The van der Waals surface area contributed by atoms with Gasteiger partial charge in [-0.1, -0.05) is 0 Å². The van der Waals surface area contributed by atoms with Crippen molar-refractivity contribution in [2.45, 2.75) is 31.9 Å². The third-order valence-corrected chi connectivity index (χ3v) is 2.76. The number of nitrogens with zero attached hydrogens (tertiary/aromatic N) is 3. The first kappa shape index (κ1) is 9.61. The van der Waals surface area contributed by atoms with Crippen molar-refractivity contribution in [2.75, 3.05) is 13.2 Å². The van der Waals surface area contributed by atoms with Gasteiger partial charge in [0.1, 0.15) is 12.9 Å². The summed E-state index contributed by atoms with van der Waals surface area (Å²) in [6.07, 6.45) is 3.75. The molecule has 1 aliphatic rings. The Hall–Kier alpha value is -0.940. The summed E-state index contributed by atoms with van der Waals surface area (Å²) in [6, 6.07) is 0. The smallest absolute Gasteiger partial charge is 0.159 e. The van der Waals surface area contributed by atoms with Crippen molar-refractivity contribution >= 4 is 0 Å². The summed E-state index contributed by atoms with van der Waals surface area (Å²) < 4.78 is 7.37. The third kappa shape index (κ3) is 1.53. The molecule has 78 valence electrons. The van der Waals surface area contributed by atoms with Crippen LogP contribution in [0.25, 0.3) is 0 Å². The van der Waals surface area contributed by atoms with Gasteiger partial charge in [-0.25, -0.2) is 0 Å². The number of hydrogen-bond acceptors (Lipinski definition) is 4. The summed E-state index contributed by atoms with van der Waals surface area (Å²) in [5.74, 6) is 0.609. The van der Waals surface area contributed by atoms with Gasteiger partial charge in [0.15, 0.2) is 5.82 Å². The van der Waals surface area contributed by atoms with Crippen molar-refractivity contribution in [2.24, 2.45) is 0 Å². The van der Waals surface area contributed by atoms with Gasteiger partial charge in [-0.05, 0) is 19.8 Å². The van der Waals surface area contributed by atoms with E-state index in [0.29, 0.717) is 12.4 Å². The Bertz CT molecular complexity index is 305. The topological polar surface area (TPSA) is 60.2 Å². The zero-order valence-corrected chi connectivity index (χ0v) is 8.31. The summed E-state index contributed by atoms with van der Waals surface area (Å²) in [5.41, 5.74) is -0.0974. The maximum absolute atomic E-state index is 9.09. The first-order valence-corrected chi connectivity index (χ1v) is 4.84. The predicted molar refractivity (Wildman–Crippen MR) is 49.6 cm³/mol. The Balaban J connectivity index is 2.27. The molecule has 0 saturated carbocycles. The van der Waals surface area contributed by atoms with Crippen molar-refractivity contribution in [3.63, 3.8) is 0 Å². The minimum Gasteiger partial charge on any atom is -0.388 e. The molecule has 0 aromatic carbocycles. The number of ether oxygens (including phenoxy) is 1. The van der Waals surface area contributed by atoms with E-state index in [4.69, 9.17) is 9.84 Å². The number of aromatic nitrogens is 3. The first-order valence-electron chi connectivity index (χ1n) is 4.84. The number of hydrogen-bond donors (Lipinski definition) is 1. The van der Waals surface area contributed by atoms with E-state index in [-0.39, 0.29) is 12.1 Å². The lowest BCUT2D eigenvalue weighted by molar-refractivity contribution is 0.00654. The van der Waals surface area contributed by atoms with Crippen molar-refractivity contribution in [1.82, 2.24) is 14.8 Å². The maximum Gasteiger partial charge on any atom is 0.159 e. The van der Waals surface area contributed by atoms with Gasteiger partial charge < -0.3 is 14.4 Å². The van der Waals surface area contributed by atoms with Crippen LogP contribution in [0.3, 0.4) is 0 Å². The molecule has 0 aliphatic carbocycles. The van der Waals surface area contributed by atoms with Gasteiger partial charge in [0.25, 0.3) is 0 Å². The average Bonchev–Trinajstić information content (AvgIpc) is 2.67. The van der Waals surface area contributed by atoms with E-state index in [2.05, 4.69) is 17.1 Å². The molecule has 1 aliphatic heterocycles. The van der Waals surface area contributed by atoms with Crippen LogP contribution < -0.4 is 0 Å². The molecule has 2 heterocycles. The summed E-state index contributed by atoms with van der Waals surface area (Å²) in [4.78, 5) is 0. The Morgan fingerprint density at radius 2 is 2.57 bits per heavy atom. The van der Waals surface area contributed by atoms with E-state index in [1.165, 1.54) is 0 Å². The molecule has 1 N–H and O–H groups in total. The monoisotopic (exact) mass is 197 g/mol. The average molecular weight is 197 g/mol. The van der Waals surface area contributed by atoms with Crippen LogP contribution in [0.4, 0.5) is 0 Å². The third-order valence-electron chi connectivity index (χ3n) is 2.76. The highest BCUT2D eigenvalue weighted by molar-refractivity contribution is 4.95. The summed E-state index contributed by atoms with van der Waals surface area (Å²) in [5, 5.41) is 16.8. The van der Waals surface area contributed by atoms with Gasteiger partial charge in [-0.3, -0.25) is 0 Å². The van der Waals surface area contributed by atoms with Crippen LogP contribution in [-0.4, -0.2) is 33.1 Å². The van der Waals surface area contributed by atoms with Crippen molar-refractivity contribution in [3.8, 4) is 0 Å². The molecule has 1 fully saturated rings. The van der Waals surface area contributed by atoms with Gasteiger partial charge in [-0.15, -0.1) is 10.2 Å². The van der Waals surface area contributed by atoms with E-state index in [9.17, 15) is 0 Å². The second kappa shape index (κ2) is 3.67. The van der Waals surface area contributed by atoms with Crippen molar-refractivity contribution < 1.29 is 9.84 Å². The summed E-state index contributed by atoms with van der Waals surface area (Å²) in [6.45, 7) is 3.52. The maximum atomic E-state index is 9.09. The standard InChI is InChI=1S/C9H15N3O2/c1-9(3-2-4-14-6-9)12-7-10-11-8(12)5-13/h7,13H,2-6H2,1H3. The van der Waals surface area contributed by atoms with Gasteiger partial charge in [-0.2, -0.15) is 0 Å². The second-order valence-corrected chi connectivity index (χ2v) is 3.93. The quantitative estimate of drug-likeness (QED) is 0.740. The highest BCUT2D eigenvalue weighted by Crippen LogP contribution is 2.27. The van der Waals surface area contributed by atoms with Crippen LogP contribution in [0.5, 0.6) is 0 Å². The predicted octanol–water partition coefficient (Wildman–Crippen LogP) is 0.296. The lowest BCUT2D eigenvalue weighted by Gasteiger charge is -2.35. The van der Waals surface area contributed by atoms with Crippen molar-refractivity contribution in [1.29, 1.82) is 0 Å². The molecule has 5 nitrogen and oxygen atoms in total. The zero-order valence-electron chi connectivity index (χ0n) is 8.31. The molecule has 1 aromatic heterocycles. The van der Waals surface area contributed by atoms with E-state index in [1.807, 2.05) is 4.57 Å². The van der Waals surface area contributed by atoms with Crippen LogP contribution in [0.2, 0.25) is 0 Å². The molecule has 14 heavy (non-hydrogen) atoms. The fourth-order valence-electron chi connectivity index (χ4n) is 1.93. The molecule has 0 spiro atoms. The van der Waals surface area contributed by atoms with Crippen LogP contribution >= 0.6 is 0 Å². The SMILES string of the molecule is CC1(n2cnnc2CO)CCCOC1. The number of rotatable bonds is 2. The first-order chi connectivity index (χ1) is 6.76. The molecule has 0 radical (unpaired) electrons. The molecule has 0 amide bonds. The van der Waals surface area contributed by atoms with E-state index in [1.54, 1.807) is 6.33 Å². The molecule has 1 unspecified atom stereocenters. The molecule has 0 bridgehead atoms. The fourth-order valence-corrected chi connectivity index (χ4v) is 1.93. The van der Waals surface area contributed by atoms with Crippen LogP contribution in [0, 0.1) is 0 Å². The van der Waals surface area contributed by atoms with E-state index >= 15 is 0 Å². The lowest BCUT2D eigenvalue weighted by atomic mass is 9.94. The highest BCUT2D eigenvalue weighted by Gasteiger charge is 2.31. The molecular weight excluding hydrogens is 182 g/mol. The second-order valence-electron chi connectivity index (χ2n) is 3.93. The van der Waals surface area contributed by atoms with Gasteiger partial charge >= 0.3 is 0 Å². The van der Waals surface area contributed by atoms with Gasteiger partial charge in [0.05, 0.1) is 12.1 Å². The normalized spacial score (nSPS) is 27.9. The van der Waals surface area contributed by atoms with Crippen LogP contribution in [0.15, 0.2) is 6.33 Å². The minimum absolute atomic E-state index is 0.0738. The van der Waals surface area contributed by atoms with Crippen LogP contribution in [-0.2, 0) is 16.9 Å². The highest BCUT2D eigenvalue weighted by atomic mass is 16.5. The zero-order chi connectivity index (χ0) is 10.0. The molecule has 5 heteroatoms. The van der Waals surface area contributed by atoms with Crippen LogP contribution in [0.1, 0.15) is 25.6 Å². The fraction of sp³-hybridized carbons (Fsp3) is 0.778. The largest absolute Gasteiger partial charge is 0.388 e. The summed E-state index contributed by atoms with van der Waals surface area (Å²) >= 11 is 0. The lowest BCUT2D eigenvalue weighted by Crippen LogP contribution is -2.39. The molecular formula is C9H15N3O2. The Labute approximate surface area is 82.7 Å². The van der Waals surface area contributed by atoms with E-state index in [0.717, 1.165) is 19.4 Å². The van der Waals surface area contributed by atoms with Gasteiger partial charge in [0.2, 0.25) is 0 Å². The molecule has 1 aromatic rings. The molecule has 1 atom stereocenters.